The fourth-order valence-corrected chi connectivity index (χ4v) is 5.69. The summed E-state index contributed by atoms with van der Waals surface area (Å²) in [7, 11) is -3.57. The molecule has 0 amide bonds. The highest BCUT2D eigenvalue weighted by Crippen LogP contribution is 2.60. The van der Waals surface area contributed by atoms with E-state index in [2.05, 4.69) is 5.11 Å². The van der Waals surface area contributed by atoms with Crippen LogP contribution >= 0.6 is 31.7 Å². The molecule has 19 heavy (non-hydrogen) atoms. The quantitative estimate of drug-likeness (QED) is 0.348. The zero-order chi connectivity index (χ0) is 14.9. The van der Waals surface area contributed by atoms with Gasteiger partial charge in [0.15, 0.2) is 5.78 Å². The third-order valence-electron chi connectivity index (χ3n) is 2.09. The van der Waals surface area contributed by atoms with E-state index in [1.807, 2.05) is 13.8 Å². The summed E-state index contributed by atoms with van der Waals surface area (Å²) in [6.45, 7) is 6.96. The second-order valence-corrected chi connectivity index (χ2v) is 8.43. The molecule has 0 fully saturated rings. The molecule has 0 spiro atoms. The van der Waals surface area contributed by atoms with Crippen molar-refractivity contribution >= 4 is 37.5 Å². The average molecular weight is 328 g/mol. The summed E-state index contributed by atoms with van der Waals surface area (Å²) in [6.07, 6.45) is 0. The lowest BCUT2D eigenvalue weighted by Crippen LogP contribution is -2.29. The van der Waals surface area contributed by atoms with Gasteiger partial charge in [-0.05, 0) is 5.92 Å². The Morgan fingerprint density at radius 3 is 2.05 bits per heavy atom. The number of hydrogen-bond acceptors (Lipinski definition) is 8. The minimum absolute atomic E-state index is 0.213. The van der Waals surface area contributed by atoms with Crippen LogP contribution in [0.15, 0.2) is 5.11 Å². The van der Waals surface area contributed by atoms with E-state index in [4.69, 9.17) is 13.5 Å². The molecular formula is C10H21N2O4PS2. The second-order valence-electron chi connectivity index (χ2n) is 3.97. The van der Waals surface area contributed by atoms with E-state index in [1.54, 1.807) is 13.8 Å². The first-order chi connectivity index (χ1) is 8.92. The van der Waals surface area contributed by atoms with Gasteiger partial charge in [0.05, 0.1) is 0 Å². The van der Waals surface area contributed by atoms with Gasteiger partial charge in [0.1, 0.15) is 12.2 Å². The maximum Gasteiger partial charge on any atom is 0.363 e. The summed E-state index contributed by atoms with van der Waals surface area (Å²) >= 11 is 2.03. The van der Waals surface area contributed by atoms with Gasteiger partial charge in [-0.3, -0.25) is 9.36 Å². The smallest absolute Gasteiger partial charge is 0.296 e. The molecule has 0 unspecified atom stereocenters. The van der Waals surface area contributed by atoms with Crippen molar-refractivity contribution < 1.29 is 17.3 Å². The molecule has 0 aliphatic carbocycles. The molecule has 1 atom stereocenters. The van der Waals surface area contributed by atoms with Gasteiger partial charge in [-0.25, -0.2) is 13.5 Å². The minimum Gasteiger partial charge on any atom is -0.296 e. The first kappa shape index (κ1) is 19.1. The molecule has 112 valence electrons. The van der Waals surface area contributed by atoms with Crippen molar-refractivity contribution in [3.8, 4) is 0 Å². The molecular weight excluding hydrogens is 307 g/mol. The van der Waals surface area contributed by atoms with Crippen molar-refractivity contribution in [2.75, 3.05) is 18.1 Å². The first-order valence-corrected chi connectivity index (χ1v) is 9.44. The predicted molar refractivity (Wildman–Crippen MR) is 79.7 cm³/mol. The average Bonchev–Trinajstić information content (AvgIpc) is 2.34. The fraction of sp³-hybridized carbons (Fsp3) is 0.900. The Kier molecular flexibility index (Phi) is 10.00. The Balaban J connectivity index is 5.16. The number of ketones is 1. The Morgan fingerprint density at radius 1 is 1.26 bits per heavy atom. The Morgan fingerprint density at radius 2 is 1.74 bits per heavy atom. The van der Waals surface area contributed by atoms with Crippen molar-refractivity contribution in [3.63, 3.8) is 0 Å². The lowest BCUT2D eigenvalue weighted by Gasteiger charge is -2.26. The van der Waals surface area contributed by atoms with E-state index >= 15 is 0 Å². The molecule has 0 saturated carbocycles. The van der Waals surface area contributed by atoms with E-state index in [1.165, 1.54) is 0 Å². The predicted octanol–water partition coefficient (Wildman–Crippen LogP) is 4.17. The van der Waals surface area contributed by atoms with Crippen LogP contribution in [0.1, 0.15) is 27.7 Å². The molecule has 0 aliphatic heterocycles. The first-order valence-electron chi connectivity index (χ1n) is 6.01. The zero-order valence-corrected chi connectivity index (χ0v) is 14.1. The Labute approximate surface area is 123 Å². The second kappa shape index (κ2) is 9.94. The molecule has 0 saturated heterocycles. The monoisotopic (exact) mass is 328 g/mol. The summed E-state index contributed by atoms with van der Waals surface area (Å²) in [5.41, 5.74) is 5.88. The summed E-state index contributed by atoms with van der Waals surface area (Å²) in [6, 6.07) is 0. The van der Waals surface area contributed by atoms with Crippen molar-refractivity contribution in [1.29, 1.82) is 5.53 Å². The van der Waals surface area contributed by atoms with Gasteiger partial charge < -0.3 is 0 Å². The maximum atomic E-state index is 12.8. The summed E-state index contributed by atoms with van der Waals surface area (Å²) in [4.78, 5) is 12.0. The number of carbonyl (C=O) groups is 1. The van der Waals surface area contributed by atoms with E-state index in [0.717, 1.165) is 24.1 Å². The molecule has 9 heteroatoms. The molecule has 0 heterocycles. The molecule has 0 rings (SSSR count). The van der Waals surface area contributed by atoms with Crippen LogP contribution in [0.25, 0.3) is 0 Å². The summed E-state index contributed by atoms with van der Waals surface area (Å²) in [5, 5.41) is 3.07. The standard InChI is InChI=1S/C10H21N2O4PS2/c1-5-18-15-17(14,16-19-6-2)10(8(3)4)9(13)7-12-11/h8,10-11H,5-7H2,1-4H3/t10-/m0/s1. The molecule has 0 aromatic carbocycles. The topological polar surface area (TPSA) is 88.8 Å². The molecule has 0 aliphatic rings. The number of rotatable bonds is 11. The molecule has 1 N–H and O–H groups in total. The number of hydrogen-bond donors (Lipinski definition) is 1. The summed E-state index contributed by atoms with van der Waals surface area (Å²) < 4.78 is 23.3. The van der Waals surface area contributed by atoms with Crippen LogP contribution in [0.5, 0.6) is 0 Å². The normalized spacial score (nSPS) is 13.5. The largest absolute Gasteiger partial charge is 0.363 e. The van der Waals surface area contributed by atoms with Crippen LogP contribution < -0.4 is 0 Å². The number of Topliss-reactive ketones (excluding diaryl/α,β-unsaturated/α-hetero) is 1. The summed E-state index contributed by atoms with van der Waals surface area (Å²) in [5.74, 6) is 0.606. The van der Waals surface area contributed by atoms with Gasteiger partial charge in [-0.1, -0.05) is 27.7 Å². The highest BCUT2D eigenvalue weighted by Gasteiger charge is 2.44. The van der Waals surface area contributed by atoms with Crippen molar-refractivity contribution in [2.24, 2.45) is 11.0 Å². The lowest BCUT2D eigenvalue weighted by molar-refractivity contribution is -0.118. The van der Waals surface area contributed by atoms with Crippen LogP contribution in [0.4, 0.5) is 0 Å². The van der Waals surface area contributed by atoms with Gasteiger partial charge in [0.2, 0.25) is 0 Å². The van der Waals surface area contributed by atoms with Crippen molar-refractivity contribution in [3.05, 3.63) is 0 Å². The van der Waals surface area contributed by atoms with E-state index in [0.29, 0.717) is 11.5 Å². The third kappa shape index (κ3) is 6.40. The van der Waals surface area contributed by atoms with Gasteiger partial charge in [-0.15, -0.1) is 0 Å². The van der Waals surface area contributed by atoms with Crippen LogP contribution in [-0.2, 0) is 17.3 Å². The molecule has 0 bridgehead atoms. The maximum absolute atomic E-state index is 12.8. The minimum atomic E-state index is -3.57. The van der Waals surface area contributed by atoms with Gasteiger partial charge >= 0.3 is 7.60 Å². The Bertz CT molecular complexity index is 329. The zero-order valence-electron chi connectivity index (χ0n) is 11.6. The highest BCUT2D eigenvalue weighted by atomic mass is 32.2. The third-order valence-corrected chi connectivity index (χ3v) is 6.63. The van der Waals surface area contributed by atoms with E-state index in [9.17, 15) is 9.36 Å². The van der Waals surface area contributed by atoms with E-state index in [-0.39, 0.29) is 18.2 Å². The molecule has 0 aromatic rings. The van der Waals surface area contributed by atoms with Gasteiger partial charge in [0.25, 0.3) is 0 Å². The van der Waals surface area contributed by atoms with Gasteiger partial charge in [-0.2, -0.15) is 5.11 Å². The van der Waals surface area contributed by atoms with Crippen LogP contribution in [0, 0.1) is 11.4 Å². The van der Waals surface area contributed by atoms with E-state index < -0.39 is 13.3 Å². The number of carbonyl (C=O) groups excluding carboxylic acids is 1. The van der Waals surface area contributed by atoms with Crippen LogP contribution in [-0.4, -0.2) is 29.5 Å². The molecule has 0 aromatic heterocycles. The fourth-order valence-electron chi connectivity index (χ4n) is 1.44. The van der Waals surface area contributed by atoms with Crippen LogP contribution in [0.3, 0.4) is 0 Å². The number of nitrogens with one attached hydrogen (secondary N) is 1. The molecule has 6 nitrogen and oxygen atoms in total. The van der Waals surface area contributed by atoms with Gasteiger partial charge in [0, 0.05) is 35.6 Å². The van der Waals surface area contributed by atoms with Crippen molar-refractivity contribution in [1.82, 2.24) is 0 Å². The van der Waals surface area contributed by atoms with Crippen LogP contribution in [0.2, 0.25) is 0 Å². The number of nitrogens with zero attached hydrogens (tertiary/aromatic N) is 1. The Hall–Kier alpha value is 0.120. The lowest BCUT2D eigenvalue weighted by atomic mass is 10.1. The molecule has 0 radical (unpaired) electrons. The SMILES string of the molecule is CCSOP(=O)(OSCC)[C@H](C(=O)CN=N)C(C)C. The van der Waals surface area contributed by atoms with Crippen molar-refractivity contribution in [2.45, 2.75) is 33.4 Å². The highest BCUT2D eigenvalue weighted by molar-refractivity contribution is 8.02.